The van der Waals surface area contributed by atoms with Gasteiger partial charge in [0.1, 0.15) is 0 Å². The van der Waals surface area contributed by atoms with Crippen LogP contribution in [0.3, 0.4) is 0 Å². The van der Waals surface area contributed by atoms with Crippen molar-refractivity contribution in [1.82, 2.24) is 9.21 Å². The lowest BCUT2D eigenvalue weighted by atomic mass is 10.2. The smallest absolute Gasteiger partial charge is 0.255 e. The van der Waals surface area contributed by atoms with E-state index in [9.17, 15) is 13.2 Å². The molecule has 1 fully saturated rings. The SMILES string of the molecule is CSc1ccccc1C(=O)N1CCN(S(=O)(=O)c2ccccc2)CC1. The molecule has 0 spiro atoms. The summed E-state index contributed by atoms with van der Waals surface area (Å²) in [4.78, 5) is 15.7. The summed E-state index contributed by atoms with van der Waals surface area (Å²) in [5.41, 5.74) is 0.675. The third-order valence-electron chi connectivity index (χ3n) is 4.24. The molecule has 2 aromatic carbocycles. The van der Waals surface area contributed by atoms with Crippen LogP contribution in [0.5, 0.6) is 0 Å². The molecule has 3 rings (SSSR count). The van der Waals surface area contributed by atoms with Crippen LogP contribution in [0.25, 0.3) is 0 Å². The molecule has 0 unspecified atom stereocenters. The highest BCUT2D eigenvalue weighted by Crippen LogP contribution is 2.23. The summed E-state index contributed by atoms with van der Waals surface area (Å²) in [6, 6.07) is 15.9. The minimum absolute atomic E-state index is 0.0401. The Balaban J connectivity index is 1.71. The Morgan fingerprint density at radius 3 is 2.16 bits per heavy atom. The van der Waals surface area contributed by atoms with Gasteiger partial charge in [0.15, 0.2) is 0 Å². The second-order valence-corrected chi connectivity index (χ2v) is 8.50. The highest BCUT2D eigenvalue weighted by molar-refractivity contribution is 7.98. The summed E-state index contributed by atoms with van der Waals surface area (Å²) < 4.78 is 26.8. The van der Waals surface area contributed by atoms with Gasteiger partial charge in [0, 0.05) is 31.1 Å². The van der Waals surface area contributed by atoms with E-state index >= 15 is 0 Å². The van der Waals surface area contributed by atoms with E-state index in [-0.39, 0.29) is 5.91 Å². The van der Waals surface area contributed by atoms with Crippen molar-refractivity contribution in [3.8, 4) is 0 Å². The lowest BCUT2D eigenvalue weighted by molar-refractivity contribution is 0.0694. The number of piperazine rings is 1. The van der Waals surface area contributed by atoms with E-state index in [0.717, 1.165) is 4.90 Å². The highest BCUT2D eigenvalue weighted by Gasteiger charge is 2.30. The number of carbonyl (C=O) groups excluding carboxylic acids is 1. The molecule has 0 N–H and O–H groups in total. The monoisotopic (exact) mass is 376 g/mol. The van der Waals surface area contributed by atoms with E-state index in [1.165, 1.54) is 16.1 Å². The summed E-state index contributed by atoms with van der Waals surface area (Å²) in [7, 11) is -3.50. The minimum atomic E-state index is -3.50. The minimum Gasteiger partial charge on any atom is -0.336 e. The zero-order chi connectivity index (χ0) is 17.9. The topological polar surface area (TPSA) is 57.7 Å². The first-order valence-corrected chi connectivity index (χ1v) is 10.7. The number of hydrogen-bond acceptors (Lipinski definition) is 4. The Hall–Kier alpha value is -1.83. The Morgan fingerprint density at radius 1 is 0.920 bits per heavy atom. The van der Waals surface area contributed by atoms with E-state index in [4.69, 9.17) is 0 Å². The molecule has 25 heavy (non-hydrogen) atoms. The molecule has 0 radical (unpaired) electrons. The van der Waals surface area contributed by atoms with Gasteiger partial charge in [-0.25, -0.2) is 8.42 Å². The molecular weight excluding hydrogens is 356 g/mol. The van der Waals surface area contributed by atoms with Gasteiger partial charge in [0.2, 0.25) is 10.0 Å². The fraction of sp³-hybridized carbons (Fsp3) is 0.278. The zero-order valence-electron chi connectivity index (χ0n) is 14.0. The van der Waals surface area contributed by atoms with Crippen LogP contribution >= 0.6 is 11.8 Å². The van der Waals surface area contributed by atoms with Crippen LogP contribution in [0.2, 0.25) is 0 Å². The van der Waals surface area contributed by atoms with E-state index in [1.807, 2.05) is 30.5 Å². The van der Waals surface area contributed by atoms with E-state index in [2.05, 4.69) is 0 Å². The van der Waals surface area contributed by atoms with E-state index in [1.54, 1.807) is 35.2 Å². The van der Waals surface area contributed by atoms with Gasteiger partial charge in [-0.15, -0.1) is 11.8 Å². The molecular formula is C18H20N2O3S2. The number of hydrogen-bond donors (Lipinski definition) is 0. The molecule has 1 aliphatic heterocycles. The van der Waals surface area contributed by atoms with Crippen molar-refractivity contribution in [3.63, 3.8) is 0 Å². The lowest BCUT2D eigenvalue weighted by Crippen LogP contribution is -2.50. The molecule has 5 nitrogen and oxygen atoms in total. The summed E-state index contributed by atoms with van der Waals surface area (Å²) in [6.07, 6.45) is 1.94. The Bertz CT molecular complexity index is 846. The maximum absolute atomic E-state index is 12.8. The van der Waals surface area contributed by atoms with Crippen LogP contribution in [-0.4, -0.2) is 56.0 Å². The molecule has 132 valence electrons. The van der Waals surface area contributed by atoms with Crippen molar-refractivity contribution in [2.75, 3.05) is 32.4 Å². The predicted octanol–water partition coefficient (Wildman–Crippen LogP) is 2.56. The number of sulfonamides is 1. The molecule has 1 saturated heterocycles. The maximum atomic E-state index is 12.8. The van der Waals surface area contributed by atoms with Gasteiger partial charge in [-0.2, -0.15) is 4.31 Å². The summed E-state index contributed by atoms with van der Waals surface area (Å²) in [5, 5.41) is 0. The molecule has 1 aliphatic rings. The van der Waals surface area contributed by atoms with Gasteiger partial charge in [-0.3, -0.25) is 4.79 Å². The molecule has 1 amide bonds. The predicted molar refractivity (Wildman–Crippen MR) is 99.3 cm³/mol. The summed E-state index contributed by atoms with van der Waals surface area (Å²) in [5.74, 6) is -0.0401. The number of benzene rings is 2. The van der Waals surface area contributed by atoms with Crippen molar-refractivity contribution in [1.29, 1.82) is 0 Å². The average Bonchev–Trinajstić information content (AvgIpc) is 2.68. The zero-order valence-corrected chi connectivity index (χ0v) is 15.6. The maximum Gasteiger partial charge on any atom is 0.255 e. The molecule has 0 bridgehead atoms. The quantitative estimate of drug-likeness (QED) is 0.770. The Labute approximate surface area is 152 Å². The highest BCUT2D eigenvalue weighted by atomic mass is 32.2. The van der Waals surface area contributed by atoms with Gasteiger partial charge in [0.25, 0.3) is 5.91 Å². The standard InChI is InChI=1S/C18H20N2O3S2/c1-24-17-10-6-5-9-16(17)18(21)19-11-13-20(14-12-19)25(22,23)15-7-3-2-4-8-15/h2-10H,11-14H2,1H3. The van der Waals surface area contributed by atoms with Gasteiger partial charge in [-0.05, 0) is 30.5 Å². The van der Waals surface area contributed by atoms with Crippen molar-refractivity contribution in [2.24, 2.45) is 0 Å². The van der Waals surface area contributed by atoms with Crippen LogP contribution in [0, 0.1) is 0 Å². The second kappa shape index (κ2) is 7.59. The third-order valence-corrected chi connectivity index (χ3v) is 6.95. The van der Waals surface area contributed by atoms with Crippen LogP contribution < -0.4 is 0 Å². The molecule has 0 aromatic heterocycles. The van der Waals surface area contributed by atoms with Crippen LogP contribution in [0.4, 0.5) is 0 Å². The Morgan fingerprint density at radius 2 is 1.52 bits per heavy atom. The fourth-order valence-corrected chi connectivity index (χ4v) is 4.90. The second-order valence-electron chi connectivity index (χ2n) is 5.71. The normalized spacial score (nSPS) is 16.0. The van der Waals surface area contributed by atoms with Gasteiger partial charge in [-0.1, -0.05) is 30.3 Å². The van der Waals surface area contributed by atoms with Crippen LogP contribution in [0.1, 0.15) is 10.4 Å². The number of nitrogens with zero attached hydrogens (tertiary/aromatic N) is 2. The molecule has 2 aromatic rings. The number of carbonyl (C=O) groups is 1. The fourth-order valence-electron chi connectivity index (χ4n) is 2.86. The first-order valence-electron chi connectivity index (χ1n) is 8.01. The first kappa shape index (κ1) is 18.0. The van der Waals surface area contributed by atoms with Crippen LogP contribution in [-0.2, 0) is 10.0 Å². The van der Waals surface area contributed by atoms with Gasteiger partial charge < -0.3 is 4.90 Å². The van der Waals surface area contributed by atoms with Crippen molar-refractivity contribution < 1.29 is 13.2 Å². The number of amides is 1. The van der Waals surface area contributed by atoms with Crippen molar-refractivity contribution >= 4 is 27.7 Å². The molecule has 0 atom stereocenters. The summed E-state index contributed by atoms with van der Waals surface area (Å²) in [6.45, 7) is 1.41. The van der Waals surface area contributed by atoms with Crippen LogP contribution in [0.15, 0.2) is 64.4 Å². The molecule has 0 saturated carbocycles. The van der Waals surface area contributed by atoms with Crippen molar-refractivity contribution in [3.05, 3.63) is 60.2 Å². The Kier molecular flexibility index (Phi) is 5.46. The molecule has 7 heteroatoms. The van der Waals surface area contributed by atoms with E-state index in [0.29, 0.717) is 36.6 Å². The number of rotatable bonds is 4. The number of thioether (sulfide) groups is 1. The van der Waals surface area contributed by atoms with Gasteiger partial charge in [0.05, 0.1) is 10.5 Å². The summed E-state index contributed by atoms with van der Waals surface area (Å²) >= 11 is 1.54. The largest absolute Gasteiger partial charge is 0.336 e. The van der Waals surface area contributed by atoms with Gasteiger partial charge >= 0.3 is 0 Å². The van der Waals surface area contributed by atoms with Crippen molar-refractivity contribution in [2.45, 2.75) is 9.79 Å². The lowest BCUT2D eigenvalue weighted by Gasteiger charge is -2.34. The molecule has 1 heterocycles. The first-order chi connectivity index (χ1) is 12.0. The molecule has 0 aliphatic carbocycles. The average molecular weight is 377 g/mol. The van der Waals surface area contributed by atoms with E-state index < -0.39 is 10.0 Å². The third kappa shape index (κ3) is 3.73.